The molecule has 0 spiro atoms. The van der Waals surface area contributed by atoms with Crippen LogP contribution in [0.2, 0.25) is 0 Å². The van der Waals surface area contributed by atoms with E-state index in [9.17, 15) is 4.79 Å². The summed E-state index contributed by atoms with van der Waals surface area (Å²) in [5, 5.41) is 3.29. The van der Waals surface area contributed by atoms with Gasteiger partial charge in [-0.1, -0.05) is 38.5 Å². The smallest absolute Gasteiger partial charge is 0.164 e. The van der Waals surface area contributed by atoms with E-state index in [0.717, 1.165) is 12.1 Å². The van der Waals surface area contributed by atoms with Gasteiger partial charge in [0.2, 0.25) is 0 Å². The van der Waals surface area contributed by atoms with Crippen molar-refractivity contribution < 1.29 is 4.79 Å². The first-order valence-electron chi connectivity index (χ1n) is 7.03. The molecule has 0 bridgehead atoms. The second-order valence-electron chi connectivity index (χ2n) is 5.54. The normalized spacial score (nSPS) is 15.7. The highest BCUT2D eigenvalue weighted by atomic mass is 16.1. The number of ketones is 1. The fraction of sp³-hybridized carbons (Fsp3) is 0.562. The van der Waals surface area contributed by atoms with Crippen molar-refractivity contribution in [1.29, 1.82) is 0 Å². The zero-order valence-corrected chi connectivity index (χ0v) is 11.4. The summed E-state index contributed by atoms with van der Waals surface area (Å²) in [6.45, 7) is 4.97. The number of nitrogens with one attached hydrogen (secondary N) is 1. The zero-order valence-electron chi connectivity index (χ0n) is 11.4. The molecule has 0 heterocycles. The molecule has 2 heteroatoms. The van der Waals surface area contributed by atoms with Crippen LogP contribution in [-0.2, 0) is 0 Å². The van der Waals surface area contributed by atoms with E-state index >= 15 is 0 Å². The SMILES string of the molecule is CC(C)NCCC(=O)c1cccc(C2CCC2)c1. The van der Waals surface area contributed by atoms with Crippen molar-refractivity contribution in [2.75, 3.05) is 6.54 Å². The molecule has 0 aliphatic heterocycles. The van der Waals surface area contributed by atoms with E-state index in [-0.39, 0.29) is 5.78 Å². The van der Waals surface area contributed by atoms with Gasteiger partial charge < -0.3 is 5.32 Å². The minimum Gasteiger partial charge on any atom is -0.314 e. The zero-order chi connectivity index (χ0) is 13.0. The van der Waals surface area contributed by atoms with Crippen molar-refractivity contribution in [1.82, 2.24) is 5.32 Å². The fourth-order valence-corrected chi connectivity index (χ4v) is 2.33. The van der Waals surface area contributed by atoms with Crippen LogP contribution in [0.5, 0.6) is 0 Å². The van der Waals surface area contributed by atoms with Gasteiger partial charge in [0.25, 0.3) is 0 Å². The Bertz CT molecular complexity index is 407. The third kappa shape index (κ3) is 3.42. The first-order chi connectivity index (χ1) is 8.66. The van der Waals surface area contributed by atoms with Crippen LogP contribution in [0, 0.1) is 0 Å². The monoisotopic (exact) mass is 245 g/mol. The van der Waals surface area contributed by atoms with Crippen LogP contribution < -0.4 is 5.32 Å². The van der Waals surface area contributed by atoms with E-state index in [1.165, 1.54) is 24.8 Å². The summed E-state index contributed by atoms with van der Waals surface area (Å²) < 4.78 is 0. The number of benzene rings is 1. The summed E-state index contributed by atoms with van der Waals surface area (Å²) in [5.41, 5.74) is 2.23. The summed E-state index contributed by atoms with van der Waals surface area (Å²) in [4.78, 5) is 12.1. The Balaban J connectivity index is 1.92. The highest BCUT2D eigenvalue weighted by molar-refractivity contribution is 5.96. The molecule has 0 atom stereocenters. The molecule has 1 N–H and O–H groups in total. The third-order valence-corrected chi connectivity index (χ3v) is 3.69. The Morgan fingerprint density at radius 1 is 1.39 bits per heavy atom. The van der Waals surface area contributed by atoms with Gasteiger partial charge in [0.15, 0.2) is 5.78 Å². The highest BCUT2D eigenvalue weighted by Gasteiger charge is 2.20. The lowest BCUT2D eigenvalue weighted by Crippen LogP contribution is -2.25. The maximum absolute atomic E-state index is 12.1. The van der Waals surface area contributed by atoms with Gasteiger partial charge in [0.1, 0.15) is 0 Å². The molecule has 0 radical (unpaired) electrons. The van der Waals surface area contributed by atoms with Crippen molar-refractivity contribution in [2.45, 2.75) is 51.5 Å². The predicted molar refractivity (Wildman–Crippen MR) is 75.1 cm³/mol. The minimum atomic E-state index is 0.254. The molecule has 18 heavy (non-hydrogen) atoms. The minimum absolute atomic E-state index is 0.254. The average Bonchev–Trinajstić information content (AvgIpc) is 2.26. The predicted octanol–water partition coefficient (Wildman–Crippen LogP) is 3.52. The van der Waals surface area contributed by atoms with E-state index in [1.807, 2.05) is 12.1 Å². The summed E-state index contributed by atoms with van der Waals surface area (Å²) in [7, 11) is 0. The lowest BCUT2D eigenvalue weighted by Gasteiger charge is -2.26. The van der Waals surface area contributed by atoms with E-state index in [4.69, 9.17) is 0 Å². The van der Waals surface area contributed by atoms with E-state index in [1.54, 1.807) is 0 Å². The quantitative estimate of drug-likeness (QED) is 0.777. The largest absolute Gasteiger partial charge is 0.314 e. The second-order valence-corrected chi connectivity index (χ2v) is 5.54. The Hall–Kier alpha value is -1.15. The second kappa shape index (κ2) is 6.14. The molecule has 2 nitrogen and oxygen atoms in total. The van der Waals surface area contributed by atoms with Gasteiger partial charge in [-0.15, -0.1) is 0 Å². The van der Waals surface area contributed by atoms with Gasteiger partial charge in [0.05, 0.1) is 0 Å². The maximum atomic E-state index is 12.1. The van der Waals surface area contributed by atoms with Crippen molar-refractivity contribution in [2.24, 2.45) is 0 Å². The molecular formula is C16H23NO. The maximum Gasteiger partial charge on any atom is 0.164 e. The number of carbonyl (C=O) groups is 1. The molecule has 0 saturated heterocycles. The van der Waals surface area contributed by atoms with Gasteiger partial charge in [-0.25, -0.2) is 0 Å². The number of carbonyl (C=O) groups excluding carboxylic acids is 1. The van der Waals surface area contributed by atoms with Crippen LogP contribution in [0.1, 0.15) is 61.4 Å². The molecular weight excluding hydrogens is 222 g/mol. The van der Waals surface area contributed by atoms with Gasteiger partial charge in [-0.3, -0.25) is 4.79 Å². The Morgan fingerprint density at radius 3 is 2.78 bits per heavy atom. The topological polar surface area (TPSA) is 29.1 Å². The summed E-state index contributed by atoms with van der Waals surface area (Å²) in [6, 6.07) is 8.67. The summed E-state index contributed by atoms with van der Waals surface area (Å²) in [6.07, 6.45) is 4.49. The fourth-order valence-electron chi connectivity index (χ4n) is 2.33. The van der Waals surface area contributed by atoms with Gasteiger partial charge in [0, 0.05) is 24.6 Å². The molecule has 1 aliphatic rings. The molecule has 1 aromatic carbocycles. The standard InChI is InChI=1S/C16H23NO/c1-12(2)17-10-9-16(18)15-8-4-7-14(11-15)13-5-3-6-13/h4,7-8,11-13,17H,3,5-6,9-10H2,1-2H3. The molecule has 1 aliphatic carbocycles. The molecule has 0 aromatic heterocycles. The first kappa shape index (κ1) is 13.3. The summed E-state index contributed by atoms with van der Waals surface area (Å²) in [5.74, 6) is 0.955. The summed E-state index contributed by atoms with van der Waals surface area (Å²) >= 11 is 0. The van der Waals surface area contributed by atoms with Crippen LogP contribution in [0.4, 0.5) is 0 Å². The van der Waals surface area contributed by atoms with Crippen LogP contribution in [0.15, 0.2) is 24.3 Å². The van der Waals surface area contributed by atoms with Crippen molar-refractivity contribution in [3.05, 3.63) is 35.4 Å². The number of Topliss-reactive ketones (excluding diaryl/α,β-unsaturated/α-hetero) is 1. The van der Waals surface area contributed by atoms with Gasteiger partial charge >= 0.3 is 0 Å². The van der Waals surface area contributed by atoms with Crippen LogP contribution in [0.25, 0.3) is 0 Å². The average molecular weight is 245 g/mol. The van der Waals surface area contributed by atoms with Crippen LogP contribution >= 0.6 is 0 Å². The van der Waals surface area contributed by atoms with E-state index in [0.29, 0.717) is 18.4 Å². The third-order valence-electron chi connectivity index (χ3n) is 3.69. The van der Waals surface area contributed by atoms with Crippen LogP contribution in [0.3, 0.4) is 0 Å². The number of hydrogen-bond acceptors (Lipinski definition) is 2. The van der Waals surface area contributed by atoms with Gasteiger partial charge in [-0.2, -0.15) is 0 Å². The Kier molecular flexibility index (Phi) is 4.54. The van der Waals surface area contributed by atoms with Crippen molar-refractivity contribution in [3.8, 4) is 0 Å². The lowest BCUT2D eigenvalue weighted by molar-refractivity contribution is 0.0982. The molecule has 0 amide bonds. The molecule has 0 unspecified atom stereocenters. The number of hydrogen-bond donors (Lipinski definition) is 1. The molecule has 98 valence electrons. The van der Waals surface area contributed by atoms with E-state index < -0.39 is 0 Å². The highest BCUT2D eigenvalue weighted by Crippen LogP contribution is 2.36. The molecule has 1 saturated carbocycles. The van der Waals surface area contributed by atoms with E-state index in [2.05, 4.69) is 31.3 Å². The Labute approximate surface area is 110 Å². The van der Waals surface area contributed by atoms with Crippen molar-refractivity contribution >= 4 is 5.78 Å². The van der Waals surface area contributed by atoms with Crippen LogP contribution in [-0.4, -0.2) is 18.4 Å². The molecule has 1 fully saturated rings. The lowest BCUT2D eigenvalue weighted by atomic mass is 9.79. The number of rotatable bonds is 6. The molecule has 1 aromatic rings. The molecule has 2 rings (SSSR count). The van der Waals surface area contributed by atoms with Crippen molar-refractivity contribution in [3.63, 3.8) is 0 Å². The Morgan fingerprint density at radius 2 is 2.17 bits per heavy atom. The first-order valence-corrected chi connectivity index (χ1v) is 7.03. The van der Waals surface area contributed by atoms with Gasteiger partial charge in [-0.05, 0) is 30.4 Å².